The minimum Gasteiger partial charge on any atom is -0.314 e. The Hall–Kier alpha value is -2.25. The van der Waals surface area contributed by atoms with E-state index in [-0.39, 0.29) is 23.9 Å². The van der Waals surface area contributed by atoms with Crippen LogP contribution in [0, 0.1) is 12.7 Å². The van der Waals surface area contributed by atoms with Crippen molar-refractivity contribution in [3.8, 4) is 0 Å². The van der Waals surface area contributed by atoms with Crippen LogP contribution in [0.4, 0.5) is 10.1 Å². The molecule has 5 nitrogen and oxygen atoms in total. The van der Waals surface area contributed by atoms with Crippen LogP contribution in [-0.2, 0) is 20.2 Å². The molecular formula is C19H19FN2O3S. The van der Waals surface area contributed by atoms with E-state index in [0.717, 1.165) is 17.3 Å². The average Bonchev–Trinajstić information content (AvgIpc) is 3.16. The van der Waals surface area contributed by atoms with Gasteiger partial charge in [0.15, 0.2) is 0 Å². The summed E-state index contributed by atoms with van der Waals surface area (Å²) in [5, 5.41) is 0. The summed E-state index contributed by atoms with van der Waals surface area (Å²) >= 11 is 0. The highest BCUT2D eigenvalue weighted by Gasteiger charge is 2.55. The van der Waals surface area contributed by atoms with Crippen LogP contribution in [-0.4, -0.2) is 38.8 Å². The molecular weight excluding hydrogens is 355 g/mol. The number of amides is 1. The molecule has 1 atom stereocenters. The molecule has 0 aromatic heterocycles. The predicted octanol–water partition coefficient (Wildman–Crippen LogP) is 2.44. The molecule has 2 aromatic carbocycles. The molecule has 0 aliphatic carbocycles. The maximum absolute atomic E-state index is 13.6. The van der Waals surface area contributed by atoms with Gasteiger partial charge in [0.1, 0.15) is 5.82 Å². The summed E-state index contributed by atoms with van der Waals surface area (Å²) in [5.41, 5.74) is 1.31. The number of fused-ring (bicyclic) bond motifs is 2. The molecule has 7 heteroatoms. The molecule has 0 bridgehead atoms. The van der Waals surface area contributed by atoms with Gasteiger partial charge in [-0.25, -0.2) is 12.8 Å². The molecule has 136 valence electrons. The van der Waals surface area contributed by atoms with Crippen molar-refractivity contribution in [1.29, 1.82) is 0 Å². The number of aryl methyl sites for hydroxylation is 1. The number of carbonyl (C=O) groups is 1. The number of sulfonamides is 1. The first-order valence-corrected chi connectivity index (χ1v) is 9.85. The van der Waals surface area contributed by atoms with E-state index in [4.69, 9.17) is 0 Å². The summed E-state index contributed by atoms with van der Waals surface area (Å²) in [6.45, 7) is 1.94. The lowest BCUT2D eigenvalue weighted by Gasteiger charge is -2.23. The number of anilines is 1. The number of halogens is 1. The second-order valence-corrected chi connectivity index (χ2v) is 8.87. The standard InChI is InChI=1S/C19H19FN2O3S/c1-13-7-8-14(20)11-17(13)26(24,25)22-10-9-19(12-22)15-5-3-4-6-16(15)21(2)18(19)23/h3-8,11H,9-10,12H2,1-2H3/t19-/m1/s1. The van der Waals surface area contributed by atoms with E-state index >= 15 is 0 Å². The molecule has 1 spiro atoms. The lowest BCUT2D eigenvalue weighted by molar-refractivity contribution is -0.122. The van der Waals surface area contributed by atoms with E-state index in [0.29, 0.717) is 12.0 Å². The fraction of sp³-hybridized carbons (Fsp3) is 0.316. The largest absolute Gasteiger partial charge is 0.314 e. The fourth-order valence-corrected chi connectivity index (χ4v) is 5.82. The van der Waals surface area contributed by atoms with Crippen molar-refractivity contribution in [2.45, 2.75) is 23.7 Å². The predicted molar refractivity (Wildman–Crippen MR) is 96.0 cm³/mol. The molecule has 1 saturated heterocycles. The highest BCUT2D eigenvalue weighted by Crippen LogP contribution is 2.47. The monoisotopic (exact) mass is 374 g/mol. The van der Waals surface area contributed by atoms with E-state index in [2.05, 4.69) is 0 Å². The molecule has 0 N–H and O–H groups in total. The van der Waals surface area contributed by atoms with Gasteiger partial charge in [-0.1, -0.05) is 24.3 Å². The van der Waals surface area contributed by atoms with E-state index in [9.17, 15) is 17.6 Å². The quantitative estimate of drug-likeness (QED) is 0.811. The Bertz CT molecular complexity index is 1020. The molecule has 2 aromatic rings. The molecule has 2 heterocycles. The number of likely N-dealkylation sites (N-methyl/N-ethyl adjacent to an activating group) is 1. The van der Waals surface area contributed by atoms with E-state index < -0.39 is 21.3 Å². The zero-order valence-electron chi connectivity index (χ0n) is 14.6. The van der Waals surface area contributed by atoms with Gasteiger partial charge in [0.2, 0.25) is 15.9 Å². The van der Waals surface area contributed by atoms with Gasteiger partial charge in [-0.2, -0.15) is 4.31 Å². The first-order valence-electron chi connectivity index (χ1n) is 8.41. The molecule has 2 aliphatic rings. The van der Waals surface area contributed by atoms with E-state index in [1.165, 1.54) is 16.4 Å². The molecule has 26 heavy (non-hydrogen) atoms. The highest BCUT2D eigenvalue weighted by molar-refractivity contribution is 7.89. The van der Waals surface area contributed by atoms with Crippen molar-refractivity contribution < 1.29 is 17.6 Å². The van der Waals surface area contributed by atoms with E-state index in [1.807, 2.05) is 24.3 Å². The van der Waals surface area contributed by atoms with Crippen LogP contribution in [0.15, 0.2) is 47.4 Å². The third kappa shape index (κ3) is 2.23. The Balaban J connectivity index is 1.76. The third-order valence-electron chi connectivity index (χ3n) is 5.50. The number of hydrogen-bond acceptors (Lipinski definition) is 3. The van der Waals surface area contributed by atoms with Crippen LogP contribution >= 0.6 is 0 Å². The fourth-order valence-electron chi connectivity index (χ4n) is 4.08. The normalized spacial score (nSPS) is 23.0. The molecule has 0 saturated carbocycles. The number of para-hydroxylation sites is 1. The van der Waals surface area contributed by atoms with Gasteiger partial charge in [0.05, 0.1) is 10.3 Å². The SMILES string of the molecule is Cc1ccc(F)cc1S(=O)(=O)N1CC[C@]2(C1)C(=O)N(C)c1ccccc12. The van der Waals surface area contributed by atoms with Gasteiger partial charge in [-0.15, -0.1) is 0 Å². The zero-order valence-corrected chi connectivity index (χ0v) is 15.4. The van der Waals surface area contributed by atoms with Crippen molar-refractivity contribution in [2.75, 3.05) is 25.0 Å². The second kappa shape index (κ2) is 5.62. The number of rotatable bonds is 2. The summed E-state index contributed by atoms with van der Waals surface area (Å²) in [6, 6.07) is 11.2. The Kier molecular flexibility index (Phi) is 3.71. The summed E-state index contributed by atoms with van der Waals surface area (Å²) in [6.07, 6.45) is 0.417. The van der Waals surface area contributed by atoms with Gasteiger partial charge in [-0.3, -0.25) is 4.79 Å². The molecule has 1 fully saturated rings. The molecule has 2 aliphatic heterocycles. The number of hydrogen-bond donors (Lipinski definition) is 0. The Labute approximate surface area is 152 Å². The molecule has 1 amide bonds. The van der Waals surface area contributed by atoms with E-state index in [1.54, 1.807) is 18.9 Å². The van der Waals surface area contributed by atoms with Crippen LogP contribution in [0.25, 0.3) is 0 Å². The maximum atomic E-state index is 13.6. The van der Waals surface area contributed by atoms with Crippen LogP contribution < -0.4 is 4.90 Å². The first-order chi connectivity index (χ1) is 12.3. The molecule has 4 rings (SSSR count). The first kappa shape index (κ1) is 17.2. The van der Waals surface area contributed by atoms with Crippen molar-refractivity contribution >= 4 is 21.6 Å². The van der Waals surface area contributed by atoms with Gasteiger partial charge >= 0.3 is 0 Å². The molecule has 0 radical (unpaired) electrons. The topological polar surface area (TPSA) is 57.7 Å². The van der Waals surface area contributed by atoms with Crippen LogP contribution in [0.5, 0.6) is 0 Å². The molecule has 0 unspecified atom stereocenters. The van der Waals surface area contributed by atoms with Crippen LogP contribution in [0.3, 0.4) is 0 Å². The number of nitrogens with zero attached hydrogens (tertiary/aromatic N) is 2. The summed E-state index contributed by atoms with van der Waals surface area (Å²) in [7, 11) is -2.16. The zero-order chi connectivity index (χ0) is 18.7. The minimum atomic E-state index is -3.88. The second-order valence-electron chi connectivity index (χ2n) is 6.96. The summed E-state index contributed by atoms with van der Waals surface area (Å²) < 4.78 is 41.1. The van der Waals surface area contributed by atoms with Crippen molar-refractivity contribution in [2.24, 2.45) is 0 Å². The Morgan fingerprint density at radius 1 is 1.15 bits per heavy atom. The van der Waals surface area contributed by atoms with Gasteiger partial charge in [0.25, 0.3) is 0 Å². The summed E-state index contributed by atoms with van der Waals surface area (Å²) in [5.74, 6) is -0.683. The van der Waals surface area contributed by atoms with Crippen molar-refractivity contribution in [3.05, 3.63) is 59.4 Å². The van der Waals surface area contributed by atoms with Crippen molar-refractivity contribution in [3.63, 3.8) is 0 Å². The third-order valence-corrected chi connectivity index (χ3v) is 7.48. The Morgan fingerprint density at radius 3 is 2.65 bits per heavy atom. The van der Waals surface area contributed by atoms with Crippen LogP contribution in [0.2, 0.25) is 0 Å². The minimum absolute atomic E-state index is 0.0402. The lowest BCUT2D eigenvalue weighted by atomic mass is 9.81. The van der Waals surface area contributed by atoms with Crippen LogP contribution in [0.1, 0.15) is 17.5 Å². The number of benzene rings is 2. The lowest BCUT2D eigenvalue weighted by Crippen LogP contribution is -2.42. The summed E-state index contributed by atoms with van der Waals surface area (Å²) in [4.78, 5) is 14.5. The maximum Gasteiger partial charge on any atom is 0.243 e. The van der Waals surface area contributed by atoms with Gasteiger partial charge in [-0.05, 0) is 42.7 Å². The number of carbonyl (C=O) groups excluding carboxylic acids is 1. The van der Waals surface area contributed by atoms with Gasteiger partial charge in [0, 0.05) is 25.8 Å². The smallest absolute Gasteiger partial charge is 0.243 e. The van der Waals surface area contributed by atoms with Gasteiger partial charge < -0.3 is 4.90 Å². The average molecular weight is 374 g/mol. The highest BCUT2D eigenvalue weighted by atomic mass is 32.2. The Morgan fingerprint density at radius 2 is 1.88 bits per heavy atom. The van der Waals surface area contributed by atoms with Crippen molar-refractivity contribution in [1.82, 2.24) is 4.31 Å².